The summed E-state index contributed by atoms with van der Waals surface area (Å²) in [6, 6.07) is 7.14. The number of carbonyl (C=O) groups is 1. The zero-order chi connectivity index (χ0) is 19.8. The quantitative estimate of drug-likeness (QED) is 0.372. The zero-order valence-electron chi connectivity index (χ0n) is 15.2. The van der Waals surface area contributed by atoms with E-state index in [4.69, 9.17) is 20.0 Å². The predicted octanol–water partition coefficient (Wildman–Crippen LogP) is 1.79. The van der Waals surface area contributed by atoms with Gasteiger partial charge < -0.3 is 20.0 Å². The van der Waals surface area contributed by atoms with E-state index in [0.717, 1.165) is 6.42 Å². The maximum Gasteiger partial charge on any atom is 0.382 e. The largest absolute Gasteiger partial charge is 0.496 e. The van der Waals surface area contributed by atoms with E-state index in [0.29, 0.717) is 41.7 Å². The maximum atomic E-state index is 11.9. The van der Waals surface area contributed by atoms with E-state index >= 15 is 0 Å². The first-order valence-electron chi connectivity index (χ1n) is 8.51. The Bertz CT molecular complexity index is 915. The molecule has 0 aliphatic rings. The van der Waals surface area contributed by atoms with Crippen molar-refractivity contribution in [3.05, 3.63) is 48.5 Å². The maximum absolute atomic E-state index is 11.9. The average molecular weight is 384 g/mol. The van der Waals surface area contributed by atoms with Gasteiger partial charge >= 0.3 is 5.97 Å². The molecule has 1 aromatic carbocycles. The van der Waals surface area contributed by atoms with Crippen molar-refractivity contribution in [3.8, 4) is 22.8 Å². The number of nitrogens with two attached hydrogens (primary N) is 1. The molecule has 2 aromatic heterocycles. The molecule has 0 saturated heterocycles. The summed E-state index contributed by atoms with van der Waals surface area (Å²) in [5.74, 6) is 0.850. The summed E-state index contributed by atoms with van der Waals surface area (Å²) in [4.78, 5) is 24.6. The number of hydrogen-bond acceptors (Lipinski definition) is 9. The smallest absolute Gasteiger partial charge is 0.382 e. The third-order valence-corrected chi connectivity index (χ3v) is 3.68. The lowest BCUT2D eigenvalue weighted by molar-refractivity contribution is 0.0587. The molecule has 0 radical (unpaired) electrons. The summed E-state index contributed by atoms with van der Waals surface area (Å²) in [7, 11) is 1.57. The van der Waals surface area contributed by atoms with E-state index < -0.39 is 5.97 Å². The van der Waals surface area contributed by atoms with Crippen molar-refractivity contribution in [2.24, 2.45) is 5.73 Å². The Balaban J connectivity index is 1.75. The number of aromatic nitrogens is 4. The number of hydrogen-bond donors (Lipinski definition) is 3. The van der Waals surface area contributed by atoms with Crippen molar-refractivity contribution < 1.29 is 19.1 Å². The first-order chi connectivity index (χ1) is 13.7. The minimum absolute atomic E-state index is 0.0751. The van der Waals surface area contributed by atoms with Crippen molar-refractivity contribution in [3.63, 3.8) is 0 Å². The molecule has 0 aliphatic carbocycles. The number of methoxy groups -OCH3 is 1. The fourth-order valence-corrected chi connectivity index (χ4v) is 2.39. The van der Waals surface area contributed by atoms with Crippen LogP contribution in [-0.4, -0.2) is 46.4 Å². The highest BCUT2D eigenvalue weighted by Gasteiger charge is 2.16. The van der Waals surface area contributed by atoms with Gasteiger partial charge in [-0.25, -0.2) is 9.78 Å². The number of aromatic amines is 1. The van der Waals surface area contributed by atoms with Crippen LogP contribution in [0.4, 0.5) is 5.82 Å². The molecule has 3 rings (SSSR count). The van der Waals surface area contributed by atoms with Crippen LogP contribution < -0.4 is 20.7 Å². The Morgan fingerprint density at radius 3 is 2.89 bits per heavy atom. The van der Waals surface area contributed by atoms with Gasteiger partial charge in [0.1, 0.15) is 11.5 Å². The molecular formula is C18H20N6O4. The molecule has 28 heavy (non-hydrogen) atoms. The van der Waals surface area contributed by atoms with Crippen molar-refractivity contribution in [1.82, 2.24) is 20.2 Å². The normalized spacial score (nSPS) is 10.4. The minimum atomic E-state index is -0.680. The van der Waals surface area contributed by atoms with Crippen LogP contribution in [0.3, 0.4) is 0 Å². The van der Waals surface area contributed by atoms with E-state index in [1.54, 1.807) is 13.2 Å². The highest BCUT2D eigenvalue weighted by Crippen LogP contribution is 2.38. The fraction of sp³-hybridized carbons (Fsp3) is 0.222. The first kappa shape index (κ1) is 19.1. The van der Waals surface area contributed by atoms with Crippen LogP contribution in [0.2, 0.25) is 0 Å². The summed E-state index contributed by atoms with van der Waals surface area (Å²) in [6.07, 6.45) is 4.90. The van der Waals surface area contributed by atoms with Crippen LogP contribution in [0, 0.1) is 0 Å². The van der Waals surface area contributed by atoms with Crippen molar-refractivity contribution >= 4 is 11.8 Å². The van der Waals surface area contributed by atoms with Gasteiger partial charge in [0.15, 0.2) is 11.5 Å². The van der Waals surface area contributed by atoms with Gasteiger partial charge in [0.05, 0.1) is 31.2 Å². The van der Waals surface area contributed by atoms with E-state index in [-0.39, 0.29) is 5.69 Å². The van der Waals surface area contributed by atoms with Gasteiger partial charge in [-0.3, -0.25) is 10.1 Å². The predicted molar refractivity (Wildman–Crippen MR) is 101 cm³/mol. The van der Waals surface area contributed by atoms with Crippen molar-refractivity contribution in [2.75, 3.05) is 25.7 Å². The van der Waals surface area contributed by atoms with Crippen LogP contribution >= 0.6 is 0 Å². The number of benzene rings is 1. The van der Waals surface area contributed by atoms with Gasteiger partial charge in [-0.2, -0.15) is 10.6 Å². The Labute approximate surface area is 161 Å². The van der Waals surface area contributed by atoms with Crippen LogP contribution in [-0.2, 0) is 4.84 Å². The molecule has 146 valence electrons. The molecule has 0 unspecified atom stereocenters. The molecule has 0 spiro atoms. The molecule has 10 nitrogen and oxygen atoms in total. The lowest BCUT2D eigenvalue weighted by atomic mass is 10.1. The van der Waals surface area contributed by atoms with Crippen molar-refractivity contribution in [2.45, 2.75) is 6.42 Å². The molecule has 0 saturated carbocycles. The average Bonchev–Trinajstić information content (AvgIpc) is 3.21. The minimum Gasteiger partial charge on any atom is -0.496 e. The molecule has 3 aromatic rings. The molecule has 10 heteroatoms. The Kier molecular flexibility index (Phi) is 6.37. The fourth-order valence-electron chi connectivity index (χ4n) is 2.39. The second kappa shape index (κ2) is 9.33. The molecular weight excluding hydrogens is 364 g/mol. The van der Waals surface area contributed by atoms with Gasteiger partial charge in [0.25, 0.3) is 0 Å². The van der Waals surface area contributed by atoms with E-state index in [2.05, 4.69) is 25.6 Å². The number of H-pyrrole nitrogens is 1. The van der Waals surface area contributed by atoms with Crippen molar-refractivity contribution in [1.29, 1.82) is 0 Å². The zero-order valence-corrected chi connectivity index (χ0v) is 15.2. The van der Waals surface area contributed by atoms with Gasteiger partial charge in [0.2, 0.25) is 0 Å². The molecule has 0 fully saturated rings. The van der Waals surface area contributed by atoms with E-state index in [1.165, 1.54) is 18.6 Å². The number of carbonyl (C=O) groups excluding carboxylic acids is 1. The highest BCUT2D eigenvalue weighted by atomic mass is 16.7. The monoisotopic (exact) mass is 384 g/mol. The Hall–Kier alpha value is -3.66. The van der Waals surface area contributed by atoms with Crippen LogP contribution in [0.5, 0.6) is 11.5 Å². The highest BCUT2D eigenvalue weighted by molar-refractivity contribution is 5.87. The van der Waals surface area contributed by atoms with E-state index in [9.17, 15) is 4.79 Å². The number of nitrogens with zero attached hydrogens (tertiary/aromatic N) is 3. The standard InChI is InChI=1S/C18H20N6O4/c1-26-14-4-2-5-15(27-9-3-6-19)17(14)12-10-16(23-22-12)24-28-18(25)13-11-20-7-8-21-13/h2,4-5,7-8,10-11H,3,6,9,19H2,1H3,(H2,22,23,24). The summed E-state index contributed by atoms with van der Waals surface area (Å²) in [5, 5.41) is 6.97. The number of anilines is 1. The molecule has 0 atom stereocenters. The summed E-state index contributed by atoms with van der Waals surface area (Å²) in [5.41, 5.74) is 9.40. The van der Waals surface area contributed by atoms with Crippen LogP contribution in [0.1, 0.15) is 16.9 Å². The van der Waals surface area contributed by atoms with Gasteiger partial charge in [-0.15, -0.1) is 0 Å². The lowest BCUT2D eigenvalue weighted by Gasteiger charge is -2.13. The molecule has 0 amide bonds. The SMILES string of the molecule is COc1cccc(OCCCN)c1-c1cc(NOC(=O)c2cnccn2)n[nH]1. The second-order valence-electron chi connectivity index (χ2n) is 5.57. The van der Waals surface area contributed by atoms with E-state index in [1.807, 2.05) is 18.2 Å². The lowest BCUT2D eigenvalue weighted by Crippen LogP contribution is -2.12. The number of ether oxygens (including phenoxy) is 2. The molecule has 0 aliphatic heterocycles. The van der Waals surface area contributed by atoms with Crippen LogP contribution in [0.25, 0.3) is 11.3 Å². The van der Waals surface area contributed by atoms with Gasteiger partial charge in [-0.1, -0.05) is 6.07 Å². The summed E-state index contributed by atoms with van der Waals surface area (Å²) >= 11 is 0. The van der Waals surface area contributed by atoms with Gasteiger partial charge in [-0.05, 0) is 25.1 Å². The number of rotatable bonds is 9. The topological polar surface area (TPSA) is 137 Å². The Morgan fingerprint density at radius 2 is 2.14 bits per heavy atom. The summed E-state index contributed by atoms with van der Waals surface area (Å²) < 4.78 is 11.2. The first-order valence-corrected chi connectivity index (χ1v) is 8.51. The third-order valence-electron chi connectivity index (χ3n) is 3.68. The van der Waals surface area contributed by atoms with Gasteiger partial charge in [0, 0.05) is 18.5 Å². The molecule has 2 heterocycles. The summed E-state index contributed by atoms with van der Waals surface area (Å²) in [6.45, 7) is 1.01. The molecule has 0 bridgehead atoms. The molecule has 4 N–H and O–H groups in total. The Morgan fingerprint density at radius 1 is 1.29 bits per heavy atom. The number of nitrogens with one attached hydrogen (secondary N) is 2. The third kappa shape index (κ3) is 4.54. The second-order valence-corrected chi connectivity index (χ2v) is 5.57. The van der Waals surface area contributed by atoms with Crippen LogP contribution in [0.15, 0.2) is 42.9 Å².